The molecule has 2 heterocycles. The molecule has 0 aromatic carbocycles. The Hall–Kier alpha value is -2.95. The molecule has 4 atom stereocenters. The van der Waals surface area contributed by atoms with Gasteiger partial charge in [0, 0.05) is 33.0 Å². The van der Waals surface area contributed by atoms with Gasteiger partial charge in [-0.1, -0.05) is 0 Å². The molecule has 1 aliphatic heterocycles. The van der Waals surface area contributed by atoms with Crippen LogP contribution in [0, 0.1) is 0 Å². The average Bonchev–Trinajstić information content (AvgIpc) is 2.50. The fourth-order valence-electron chi connectivity index (χ4n) is 2.59. The highest BCUT2D eigenvalue weighted by Crippen LogP contribution is 2.29. The molecule has 1 aliphatic rings. The molecule has 1 saturated heterocycles. The largest absolute Gasteiger partial charge is 0.456 e. The standard InChI is InChI=1S/C15H18N2O9/c1-7(18)24-10-6-23-14(17-5-4-11(21)16-15(17)22)13(26-9(3)20)12(10)25-8(2)19/h4-5,10,12-14H,6H2,1-3H3,(H,16,21,22)/t10-,12-,13-,14?/m1/s1. The number of H-pyrrole nitrogens is 1. The molecule has 0 amide bonds. The minimum Gasteiger partial charge on any atom is -0.456 e. The summed E-state index contributed by atoms with van der Waals surface area (Å²) in [6.07, 6.45) is -3.61. The van der Waals surface area contributed by atoms with Crippen molar-refractivity contribution < 1.29 is 33.3 Å². The Morgan fingerprint density at radius 1 is 1.04 bits per heavy atom. The fraction of sp³-hybridized carbons (Fsp3) is 0.533. The molecule has 11 heteroatoms. The second-order valence-corrected chi connectivity index (χ2v) is 5.54. The number of hydrogen-bond acceptors (Lipinski definition) is 9. The first-order valence-corrected chi connectivity index (χ1v) is 7.63. The Morgan fingerprint density at radius 2 is 1.62 bits per heavy atom. The molecular weight excluding hydrogens is 352 g/mol. The number of aromatic nitrogens is 2. The van der Waals surface area contributed by atoms with E-state index in [1.165, 1.54) is 0 Å². The van der Waals surface area contributed by atoms with Crippen molar-refractivity contribution in [3.8, 4) is 0 Å². The fourth-order valence-corrected chi connectivity index (χ4v) is 2.59. The van der Waals surface area contributed by atoms with Gasteiger partial charge in [0.1, 0.15) is 0 Å². The van der Waals surface area contributed by atoms with Gasteiger partial charge >= 0.3 is 23.6 Å². The van der Waals surface area contributed by atoms with E-state index >= 15 is 0 Å². The Kier molecular flexibility index (Phi) is 5.93. The monoisotopic (exact) mass is 370 g/mol. The Morgan fingerprint density at radius 3 is 2.15 bits per heavy atom. The summed E-state index contributed by atoms with van der Waals surface area (Å²) in [4.78, 5) is 59.6. The summed E-state index contributed by atoms with van der Waals surface area (Å²) in [5.41, 5.74) is -1.44. The molecule has 0 bridgehead atoms. The highest BCUT2D eigenvalue weighted by Gasteiger charge is 2.47. The van der Waals surface area contributed by atoms with E-state index in [1.54, 1.807) is 0 Å². The van der Waals surface area contributed by atoms with Crippen LogP contribution >= 0.6 is 0 Å². The molecule has 0 radical (unpaired) electrons. The van der Waals surface area contributed by atoms with Gasteiger partial charge < -0.3 is 18.9 Å². The lowest BCUT2D eigenvalue weighted by atomic mass is 10.0. The lowest BCUT2D eigenvalue weighted by molar-refractivity contribution is -0.240. The van der Waals surface area contributed by atoms with Crippen molar-refractivity contribution in [2.24, 2.45) is 0 Å². The van der Waals surface area contributed by atoms with Crippen LogP contribution in [0.5, 0.6) is 0 Å². The zero-order chi connectivity index (χ0) is 19.4. The third-order valence-corrected chi connectivity index (χ3v) is 3.45. The van der Waals surface area contributed by atoms with E-state index in [4.69, 9.17) is 18.9 Å². The minimum absolute atomic E-state index is 0.231. The Labute approximate surface area is 146 Å². The molecule has 142 valence electrons. The third kappa shape index (κ3) is 4.57. The second kappa shape index (κ2) is 7.95. The second-order valence-electron chi connectivity index (χ2n) is 5.54. The van der Waals surface area contributed by atoms with E-state index in [2.05, 4.69) is 0 Å². The quantitative estimate of drug-likeness (QED) is 0.514. The van der Waals surface area contributed by atoms with Crippen molar-refractivity contribution in [3.63, 3.8) is 0 Å². The van der Waals surface area contributed by atoms with Crippen molar-refractivity contribution in [1.29, 1.82) is 0 Å². The third-order valence-electron chi connectivity index (χ3n) is 3.45. The summed E-state index contributed by atoms with van der Waals surface area (Å²) in [6.45, 7) is 3.18. The van der Waals surface area contributed by atoms with Crippen LogP contribution in [-0.4, -0.2) is 52.4 Å². The van der Waals surface area contributed by atoms with Crippen LogP contribution in [0.3, 0.4) is 0 Å². The van der Waals surface area contributed by atoms with Crippen LogP contribution in [0.25, 0.3) is 0 Å². The number of nitrogens with one attached hydrogen (secondary N) is 1. The number of hydrogen-bond donors (Lipinski definition) is 1. The summed E-state index contributed by atoms with van der Waals surface area (Å²) < 4.78 is 21.9. The van der Waals surface area contributed by atoms with E-state index in [9.17, 15) is 24.0 Å². The zero-order valence-electron chi connectivity index (χ0n) is 14.3. The van der Waals surface area contributed by atoms with Gasteiger partial charge in [0.15, 0.2) is 24.5 Å². The van der Waals surface area contributed by atoms with E-state index in [0.29, 0.717) is 0 Å². The van der Waals surface area contributed by atoms with Crippen LogP contribution in [-0.2, 0) is 33.3 Å². The van der Waals surface area contributed by atoms with Crippen LogP contribution in [0.4, 0.5) is 0 Å². The van der Waals surface area contributed by atoms with Crippen LogP contribution < -0.4 is 11.2 Å². The number of carbonyl (C=O) groups is 3. The lowest BCUT2D eigenvalue weighted by Gasteiger charge is -2.40. The normalized spacial score (nSPS) is 25.2. The van der Waals surface area contributed by atoms with Crippen LogP contribution in [0.15, 0.2) is 21.9 Å². The highest BCUT2D eigenvalue weighted by atomic mass is 16.6. The first-order chi connectivity index (χ1) is 12.2. The van der Waals surface area contributed by atoms with Gasteiger partial charge in [-0.25, -0.2) is 4.79 Å². The maximum absolute atomic E-state index is 12.1. The zero-order valence-corrected chi connectivity index (χ0v) is 14.3. The van der Waals surface area contributed by atoms with Gasteiger partial charge in [0.2, 0.25) is 0 Å². The number of rotatable bonds is 4. The van der Waals surface area contributed by atoms with Crippen molar-refractivity contribution >= 4 is 17.9 Å². The molecule has 11 nitrogen and oxygen atoms in total. The van der Waals surface area contributed by atoms with Crippen LogP contribution in [0.2, 0.25) is 0 Å². The molecule has 26 heavy (non-hydrogen) atoms. The topological polar surface area (TPSA) is 143 Å². The smallest absolute Gasteiger partial charge is 0.330 e. The maximum atomic E-state index is 12.1. The summed E-state index contributed by atoms with van der Waals surface area (Å²) in [5, 5.41) is 0. The van der Waals surface area contributed by atoms with Gasteiger partial charge in [-0.15, -0.1) is 0 Å². The molecule has 1 aromatic rings. The van der Waals surface area contributed by atoms with Gasteiger partial charge in [-0.05, 0) is 0 Å². The first kappa shape index (κ1) is 19.4. The molecule has 1 unspecified atom stereocenters. The van der Waals surface area contributed by atoms with Crippen molar-refractivity contribution in [3.05, 3.63) is 33.1 Å². The Balaban J connectivity index is 2.46. The molecule has 1 N–H and O–H groups in total. The summed E-state index contributed by atoms with van der Waals surface area (Å²) in [7, 11) is 0. The predicted octanol–water partition coefficient (Wildman–Crippen LogP) is -1.14. The summed E-state index contributed by atoms with van der Waals surface area (Å²) >= 11 is 0. The number of ether oxygens (including phenoxy) is 4. The lowest BCUT2D eigenvalue weighted by Crippen LogP contribution is -2.56. The van der Waals surface area contributed by atoms with Gasteiger partial charge in [0.25, 0.3) is 5.56 Å². The number of nitrogens with zero attached hydrogens (tertiary/aromatic N) is 1. The van der Waals surface area contributed by atoms with Gasteiger partial charge in [-0.2, -0.15) is 0 Å². The van der Waals surface area contributed by atoms with E-state index in [1.807, 2.05) is 4.98 Å². The average molecular weight is 370 g/mol. The summed E-state index contributed by atoms with van der Waals surface area (Å²) in [6, 6.07) is 1.08. The maximum Gasteiger partial charge on any atom is 0.330 e. The molecule has 0 spiro atoms. The molecule has 0 saturated carbocycles. The minimum atomic E-state index is -1.29. The van der Waals surface area contributed by atoms with E-state index in [0.717, 1.165) is 37.6 Å². The predicted molar refractivity (Wildman–Crippen MR) is 83.0 cm³/mol. The number of esters is 3. The summed E-state index contributed by atoms with van der Waals surface area (Å²) in [5.74, 6) is -2.10. The number of carbonyl (C=O) groups excluding carboxylic acids is 3. The molecular formula is C15H18N2O9. The van der Waals surface area contributed by atoms with Crippen molar-refractivity contribution in [1.82, 2.24) is 9.55 Å². The SMILES string of the molecule is CC(=O)O[C@@H]1[C@H](OC(C)=O)COC(n2ccc(=O)[nH]c2=O)[C@@H]1OC(C)=O. The van der Waals surface area contributed by atoms with Gasteiger partial charge in [0.05, 0.1) is 6.61 Å². The molecule has 1 fully saturated rings. The molecule has 1 aromatic heterocycles. The van der Waals surface area contributed by atoms with Gasteiger partial charge in [-0.3, -0.25) is 28.7 Å². The first-order valence-electron chi connectivity index (χ1n) is 7.63. The molecule has 2 rings (SSSR count). The van der Waals surface area contributed by atoms with E-state index in [-0.39, 0.29) is 6.61 Å². The molecule has 0 aliphatic carbocycles. The number of aromatic amines is 1. The van der Waals surface area contributed by atoms with Crippen LogP contribution in [0.1, 0.15) is 27.0 Å². The highest BCUT2D eigenvalue weighted by molar-refractivity contribution is 5.68. The van der Waals surface area contributed by atoms with E-state index < -0.39 is 53.7 Å². The van der Waals surface area contributed by atoms with Crippen molar-refractivity contribution in [2.75, 3.05) is 6.61 Å². The Bertz CT molecular complexity index is 812. The van der Waals surface area contributed by atoms with Crippen molar-refractivity contribution in [2.45, 2.75) is 45.3 Å².